The number of piperidine rings is 1. The topological polar surface area (TPSA) is 35.5 Å². The van der Waals surface area contributed by atoms with Crippen LogP contribution in [-0.4, -0.2) is 48.3 Å². The molecule has 0 spiro atoms. The normalized spacial score (nSPS) is 26.5. The summed E-state index contributed by atoms with van der Waals surface area (Å²) in [6, 6.07) is 0.625. The summed E-state index contributed by atoms with van der Waals surface area (Å²) in [5.74, 6) is 0.662. The maximum Gasteiger partial charge on any atom is 0.0540 e. The molecule has 3 unspecified atom stereocenters. The minimum Gasteiger partial charge on any atom is -0.393 e. The summed E-state index contributed by atoms with van der Waals surface area (Å²) in [6.07, 6.45) is 6.76. The van der Waals surface area contributed by atoms with Gasteiger partial charge in [0.25, 0.3) is 0 Å². The van der Waals surface area contributed by atoms with Crippen molar-refractivity contribution in [1.29, 1.82) is 0 Å². The molecule has 3 heteroatoms. The van der Waals surface area contributed by atoms with Gasteiger partial charge in [-0.1, -0.05) is 27.2 Å². The molecule has 1 heterocycles. The number of nitrogens with zero attached hydrogens (tertiary/aromatic N) is 1. The van der Waals surface area contributed by atoms with Crippen LogP contribution in [-0.2, 0) is 0 Å². The van der Waals surface area contributed by atoms with Crippen molar-refractivity contribution in [3.8, 4) is 0 Å². The summed E-state index contributed by atoms with van der Waals surface area (Å²) in [5.41, 5.74) is 0. The highest BCUT2D eigenvalue weighted by molar-refractivity contribution is 4.84. The highest BCUT2D eigenvalue weighted by Crippen LogP contribution is 2.22. The fraction of sp³-hybridized carbons (Fsp3) is 1.00. The third-order valence-corrected chi connectivity index (χ3v) is 4.20. The Hall–Kier alpha value is -0.120. The molecule has 114 valence electrons. The average Bonchev–Trinajstić information content (AvgIpc) is 2.42. The van der Waals surface area contributed by atoms with E-state index in [1.54, 1.807) is 0 Å². The molecule has 0 radical (unpaired) electrons. The maximum atomic E-state index is 9.90. The van der Waals surface area contributed by atoms with Gasteiger partial charge >= 0.3 is 0 Å². The van der Waals surface area contributed by atoms with E-state index in [1.807, 2.05) is 0 Å². The number of hydrogen-bond donors (Lipinski definition) is 2. The standard InChI is InChI=1S/C16H34N2O/c1-4-7-9-18-12-14(11-16(19)6-3)10-15(13-18)17-8-5-2/h14-17,19H,4-13H2,1-3H3. The lowest BCUT2D eigenvalue weighted by atomic mass is 9.88. The Bertz CT molecular complexity index is 207. The van der Waals surface area contributed by atoms with E-state index in [2.05, 4.69) is 31.0 Å². The van der Waals surface area contributed by atoms with E-state index in [9.17, 15) is 5.11 Å². The largest absolute Gasteiger partial charge is 0.393 e. The van der Waals surface area contributed by atoms with Crippen LogP contribution in [0.5, 0.6) is 0 Å². The van der Waals surface area contributed by atoms with Crippen molar-refractivity contribution in [2.75, 3.05) is 26.2 Å². The van der Waals surface area contributed by atoms with E-state index in [0.29, 0.717) is 12.0 Å². The van der Waals surface area contributed by atoms with Crippen LogP contribution in [0.2, 0.25) is 0 Å². The van der Waals surface area contributed by atoms with E-state index >= 15 is 0 Å². The van der Waals surface area contributed by atoms with Crippen LogP contribution in [0, 0.1) is 5.92 Å². The lowest BCUT2D eigenvalue weighted by Gasteiger charge is -2.39. The van der Waals surface area contributed by atoms with Gasteiger partial charge in [0.05, 0.1) is 6.10 Å². The third-order valence-electron chi connectivity index (χ3n) is 4.20. The Labute approximate surface area is 119 Å². The van der Waals surface area contributed by atoms with Crippen LogP contribution >= 0.6 is 0 Å². The fourth-order valence-corrected chi connectivity index (χ4v) is 3.09. The quantitative estimate of drug-likeness (QED) is 0.676. The molecular formula is C16H34N2O. The Balaban J connectivity index is 2.45. The van der Waals surface area contributed by atoms with Gasteiger partial charge in [0.15, 0.2) is 0 Å². The monoisotopic (exact) mass is 270 g/mol. The number of aliphatic hydroxyl groups is 1. The second kappa shape index (κ2) is 9.73. The van der Waals surface area contributed by atoms with Gasteiger partial charge in [-0.2, -0.15) is 0 Å². The van der Waals surface area contributed by atoms with E-state index < -0.39 is 0 Å². The summed E-state index contributed by atoms with van der Waals surface area (Å²) in [6.45, 7) is 11.3. The summed E-state index contributed by atoms with van der Waals surface area (Å²) < 4.78 is 0. The zero-order valence-corrected chi connectivity index (χ0v) is 13.2. The minimum absolute atomic E-state index is 0.108. The van der Waals surface area contributed by atoms with Gasteiger partial charge in [-0.25, -0.2) is 0 Å². The fourth-order valence-electron chi connectivity index (χ4n) is 3.09. The SMILES string of the molecule is CCCCN1CC(CC(O)CC)CC(NCCC)C1. The molecular weight excluding hydrogens is 236 g/mol. The number of aliphatic hydroxyl groups excluding tert-OH is 1. The molecule has 2 N–H and O–H groups in total. The smallest absolute Gasteiger partial charge is 0.0540 e. The Kier molecular flexibility index (Phi) is 8.67. The lowest BCUT2D eigenvalue weighted by Crippen LogP contribution is -2.50. The molecule has 1 rings (SSSR count). The molecule has 0 saturated carbocycles. The summed E-state index contributed by atoms with van der Waals surface area (Å²) in [7, 11) is 0. The number of likely N-dealkylation sites (tertiary alicyclic amines) is 1. The van der Waals surface area contributed by atoms with Gasteiger partial charge in [0, 0.05) is 19.1 Å². The summed E-state index contributed by atoms with van der Waals surface area (Å²) >= 11 is 0. The van der Waals surface area contributed by atoms with Crippen molar-refractivity contribution < 1.29 is 5.11 Å². The van der Waals surface area contributed by atoms with Crippen molar-refractivity contribution >= 4 is 0 Å². The van der Waals surface area contributed by atoms with Gasteiger partial charge in [-0.3, -0.25) is 0 Å². The predicted octanol–water partition coefficient (Wildman–Crippen LogP) is 2.64. The highest BCUT2D eigenvalue weighted by Gasteiger charge is 2.27. The minimum atomic E-state index is -0.108. The first-order valence-corrected chi connectivity index (χ1v) is 8.33. The maximum absolute atomic E-state index is 9.90. The number of nitrogens with one attached hydrogen (secondary N) is 1. The van der Waals surface area contributed by atoms with Crippen LogP contribution in [0.1, 0.15) is 59.3 Å². The van der Waals surface area contributed by atoms with E-state index in [1.165, 1.54) is 45.3 Å². The molecule has 0 aromatic carbocycles. The van der Waals surface area contributed by atoms with Crippen LogP contribution < -0.4 is 5.32 Å². The molecule has 0 bridgehead atoms. The molecule has 3 nitrogen and oxygen atoms in total. The van der Waals surface area contributed by atoms with E-state index in [4.69, 9.17) is 0 Å². The van der Waals surface area contributed by atoms with Crippen LogP contribution in [0.25, 0.3) is 0 Å². The van der Waals surface area contributed by atoms with Gasteiger partial charge < -0.3 is 15.3 Å². The first-order chi connectivity index (χ1) is 9.19. The first kappa shape index (κ1) is 16.9. The predicted molar refractivity (Wildman–Crippen MR) is 82.5 cm³/mol. The third kappa shape index (κ3) is 6.73. The second-order valence-electron chi connectivity index (χ2n) is 6.16. The van der Waals surface area contributed by atoms with Gasteiger partial charge in [-0.15, -0.1) is 0 Å². The zero-order valence-electron chi connectivity index (χ0n) is 13.2. The molecule has 3 atom stereocenters. The summed E-state index contributed by atoms with van der Waals surface area (Å²) in [5, 5.41) is 13.6. The molecule has 1 aliphatic rings. The van der Waals surface area contributed by atoms with Crippen LogP contribution in [0.4, 0.5) is 0 Å². The van der Waals surface area contributed by atoms with Crippen LogP contribution in [0.15, 0.2) is 0 Å². The van der Waals surface area contributed by atoms with Crippen molar-refractivity contribution in [2.45, 2.75) is 71.4 Å². The lowest BCUT2D eigenvalue weighted by molar-refractivity contribution is 0.0833. The Morgan fingerprint density at radius 1 is 1.21 bits per heavy atom. The number of rotatable bonds is 9. The summed E-state index contributed by atoms with van der Waals surface area (Å²) in [4.78, 5) is 2.60. The molecule has 1 aliphatic heterocycles. The van der Waals surface area contributed by atoms with E-state index in [0.717, 1.165) is 19.4 Å². The Morgan fingerprint density at radius 2 is 2.00 bits per heavy atom. The molecule has 0 amide bonds. The second-order valence-corrected chi connectivity index (χ2v) is 6.16. The van der Waals surface area contributed by atoms with Crippen molar-refractivity contribution in [3.05, 3.63) is 0 Å². The van der Waals surface area contributed by atoms with Gasteiger partial charge in [-0.05, 0) is 51.1 Å². The van der Waals surface area contributed by atoms with Crippen molar-refractivity contribution in [2.24, 2.45) is 5.92 Å². The Morgan fingerprint density at radius 3 is 2.63 bits per heavy atom. The molecule has 19 heavy (non-hydrogen) atoms. The average molecular weight is 270 g/mol. The van der Waals surface area contributed by atoms with E-state index in [-0.39, 0.29) is 6.10 Å². The molecule has 0 aromatic rings. The molecule has 0 aliphatic carbocycles. The van der Waals surface area contributed by atoms with Crippen molar-refractivity contribution in [3.63, 3.8) is 0 Å². The van der Waals surface area contributed by atoms with Crippen LogP contribution in [0.3, 0.4) is 0 Å². The highest BCUT2D eigenvalue weighted by atomic mass is 16.3. The molecule has 1 fully saturated rings. The van der Waals surface area contributed by atoms with Gasteiger partial charge in [0.1, 0.15) is 0 Å². The first-order valence-electron chi connectivity index (χ1n) is 8.33. The van der Waals surface area contributed by atoms with Gasteiger partial charge in [0.2, 0.25) is 0 Å². The number of unbranched alkanes of at least 4 members (excludes halogenated alkanes) is 1. The van der Waals surface area contributed by atoms with Crippen molar-refractivity contribution in [1.82, 2.24) is 10.2 Å². The molecule has 0 aromatic heterocycles. The zero-order chi connectivity index (χ0) is 14.1. The number of hydrogen-bond acceptors (Lipinski definition) is 3. The molecule has 1 saturated heterocycles.